The third kappa shape index (κ3) is 4.03. The summed E-state index contributed by atoms with van der Waals surface area (Å²) in [6.07, 6.45) is 5.42. The van der Waals surface area contributed by atoms with Crippen molar-refractivity contribution in [1.82, 2.24) is 24.6 Å². The Morgan fingerprint density at radius 2 is 1.69 bits per heavy atom. The average Bonchev–Trinajstić information content (AvgIpc) is 3.50. The Bertz CT molecular complexity index is 1090. The zero-order valence-corrected chi connectivity index (χ0v) is 18.1. The fourth-order valence-electron chi connectivity index (χ4n) is 4.18. The normalized spacial score (nSPS) is 19.0. The number of anilines is 2. The number of aromatic nitrogens is 4. The number of hydrogen-bond acceptors (Lipinski definition) is 6. The van der Waals surface area contributed by atoms with E-state index in [-0.39, 0.29) is 24.2 Å². The Balaban J connectivity index is 1.18. The van der Waals surface area contributed by atoms with Gasteiger partial charge < -0.3 is 14.7 Å². The number of nitrogens with zero attached hydrogens (tertiary/aromatic N) is 7. The Morgan fingerprint density at radius 1 is 0.969 bits per heavy atom. The van der Waals surface area contributed by atoms with Gasteiger partial charge in [-0.05, 0) is 36.4 Å². The van der Waals surface area contributed by atoms with Crippen LogP contribution >= 0.6 is 11.6 Å². The van der Waals surface area contributed by atoms with Gasteiger partial charge in [0.05, 0.1) is 5.92 Å². The molecule has 1 aromatic carbocycles. The minimum absolute atomic E-state index is 0.0300. The third-order valence-corrected chi connectivity index (χ3v) is 6.19. The smallest absolute Gasteiger partial charge is 0.228 e. The third-order valence-electron chi connectivity index (χ3n) is 5.93. The monoisotopic (exact) mass is 451 g/mol. The molecule has 2 aliphatic heterocycles. The molecule has 0 aliphatic carbocycles. The largest absolute Gasteiger partial charge is 0.352 e. The van der Waals surface area contributed by atoms with Gasteiger partial charge in [-0.25, -0.2) is 4.98 Å². The van der Waals surface area contributed by atoms with Crippen LogP contribution in [0.5, 0.6) is 0 Å². The van der Waals surface area contributed by atoms with E-state index in [2.05, 4.69) is 20.1 Å². The topological polar surface area (TPSA) is 87.5 Å². The maximum atomic E-state index is 13.1. The average molecular weight is 452 g/mol. The lowest BCUT2D eigenvalue weighted by atomic mass is 10.1. The molecule has 2 saturated heterocycles. The van der Waals surface area contributed by atoms with E-state index in [0.29, 0.717) is 43.6 Å². The van der Waals surface area contributed by atoms with Crippen molar-refractivity contribution in [3.63, 3.8) is 0 Å². The maximum Gasteiger partial charge on any atom is 0.228 e. The first-order valence-electron chi connectivity index (χ1n) is 10.5. The van der Waals surface area contributed by atoms with Crippen LogP contribution in [0.2, 0.25) is 5.02 Å². The molecule has 2 aliphatic rings. The number of imidazole rings is 1. The number of hydrogen-bond donors (Lipinski definition) is 0. The lowest BCUT2D eigenvalue weighted by molar-refractivity contribution is -0.136. The van der Waals surface area contributed by atoms with Gasteiger partial charge in [0.1, 0.15) is 6.33 Å². The molecule has 2 aromatic heterocycles. The molecule has 1 atom stereocenters. The molecular formula is C22H22ClN7O2. The van der Waals surface area contributed by atoms with Gasteiger partial charge in [-0.3, -0.25) is 14.2 Å². The number of carbonyl (C=O) groups is 2. The molecule has 4 heterocycles. The molecule has 0 saturated carbocycles. The van der Waals surface area contributed by atoms with Crippen LogP contribution in [-0.2, 0) is 9.59 Å². The molecule has 2 amide bonds. The van der Waals surface area contributed by atoms with Crippen LogP contribution in [0.3, 0.4) is 0 Å². The second-order valence-corrected chi connectivity index (χ2v) is 8.35. The number of halogens is 1. The van der Waals surface area contributed by atoms with Crippen LogP contribution in [0.4, 0.5) is 11.5 Å². The van der Waals surface area contributed by atoms with Crippen molar-refractivity contribution < 1.29 is 9.59 Å². The Labute approximate surface area is 190 Å². The number of amides is 2. The molecule has 3 aromatic rings. The molecule has 0 spiro atoms. The second kappa shape index (κ2) is 8.58. The van der Waals surface area contributed by atoms with Gasteiger partial charge in [-0.15, -0.1) is 10.2 Å². The molecule has 5 rings (SSSR count). The van der Waals surface area contributed by atoms with E-state index < -0.39 is 0 Å². The molecule has 32 heavy (non-hydrogen) atoms. The molecule has 1 unspecified atom stereocenters. The zero-order valence-electron chi connectivity index (χ0n) is 17.3. The number of rotatable bonds is 4. The van der Waals surface area contributed by atoms with E-state index in [1.54, 1.807) is 34.1 Å². The predicted octanol–water partition coefficient (Wildman–Crippen LogP) is 2.02. The lowest BCUT2D eigenvalue weighted by Crippen LogP contribution is -2.51. The van der Waals surface area contributed by atoms with Gasteiger partial charge in [0.2, 0.25) is 11.8 Å². The quantitative estimate of drug-likeness (QED) is 0.603. The van der Waals surface area contributed by atoms with Crippen LogP contribution in [0, 0.1) is 5.92 Å². The van der Waals surface area contributed by atoms with E-state index in [4.69, 9.17) is 11.6 Å². The SMILES string of the molecule is O=C(C1CC(=O)N(c2ccc(Cl)cc2)C1)N1CCN(c2ccc(-n3ccnc3)nn2)CC1. The highest BCUT2D eigenvalue weighted by atomic mass is 35.5. The van der Waals surface area contributed by atoms with Crippen molar-refractivity contribution in [2.45, 2.75) is 6.42 Å². The minimum Gasteiger partial charge on any atom is -0.352 e. The zero-order chi connectivity index (χ0) is 22.1. The predicted molar refractivity (Wildman–Crippen MR) is 120 cm³/mol. The van der Waals surface area contributed by atoms with E-state index >= 15 is 0 Å². The van der Waals surface area contributed by atoms with Gasteiger partial charge in [0.25, 0.3) is 0 Å². The first-order valence-corrected chi connectivity index (χ1v) is 10.9. The van der Waals surface area contributed by atoms with Crippen LogP contribution in [0.15, 0.2) is 55.1 Å². The van der Waals surface area contributed by atoms with E-state index in [0.717, 1.165) is 11.5 Å². The maximum absolute atomic E-state index is 13.1. The van der Waals surface area contributed by atoms with E-state index in [1.807, 2.05) is 35.4 Å². The molecule has 9 nitrogen and oxygen atoms in total. The first kappa shape index (κ1) is 20.4. The van der Waals surface area contributed by atoms with Gasteiger partial charge in [0, 0.05) is 62.2 Å². The Hall–Kier alpha value is -3.46. The summed E-state index contributed by atoms with van der Waals surface area (Å²) >= 11 is 5.94. The summed E-state index contributed by atoms with van der Waals surface area (Å²) in [5.74, 6) is 1.18. The Morgan fingerprint density at radius 3 is 2.34 bits per heavy atom. The van der Waals surface area contributed by atoms with Crippen molar-refractivity contribution in [3.8, 4) is 5.82 Å². The number of piperazine rings is 1. The molecule has 0 N–H and O–H groups in total. The molecule has 0 radical (unpaired) electrons. The summed E-state index contributed by atoms with van der Waals surface area (Å²) in [5.41, 5.74) is 0.775. The van der Waals surface area contributed by atoms with Crippen molar-refractivity contribution in [2.75, 3.05) is 42.5 Å². The lowest BCUT2D eigenvalue weighted by Gasteiger charge is -2.36. The molecule has 0 bridgehead atoms. The van der Waals surface area contributed by atoms with E-state index in [1.165, 1.54) is 0 Å². The van der Waals surface area contributed by atoms with Crippen LogP contribution in [-0.4, -0.2) is 69.2 Å². The van der Waals surface area contributed by atoms with Gasteiger partial charge in [-0.2, -0.15) is 0 Å². The summed E-state index contributed by atoms with van der Waals surface area (Å²) in [6, 6.07) is 11.0. The molecule has 2 fully saturated rings. The highest BCUT2D eigenvalue weighted by molar-refractivity contribution is 6.30. The van der Waals surface area contributed by atoms with E-state index in [9.17, 15) is 9.59 Å². The van der Waals surface area contributed by atoms with Crippen LogP contribution in [0.25, 0.3) is 5.82 Å². The fraction of sp³-hybridized carbons (Fsp3) is 0.318. The Kier molecular flexibility index (Phi) is 5.48. The number of benzene rings is 1. The van der Waals surface area contributed by atoms with Crippen molar-refractivity contribution >= 4 is 34.9 Å². The van der Waals surface area contributed by atoms with Gasteiger partial charge in [-0.1, -0.05) is 11.6 Å². The number of carbonyl (C=O) groups excluding carboxylic acids is 2. The van der Waals surface area contributed by atoms with Crippen LogP contribution in [0.1, 0.15) is 6.42 Å². The second-order valence-electron chi connectivity index (χ2n) is 7.91. The summed E-state index contributed by atoms with van der Waals surface area (Å²) in [4.78, 5) is 35.2. The summed E-state index contributed by atoms with van der Waals surface area (Å²) in [7, 11) is 0. The standard InChI is InChI=1S/C22H22ClN7O2/c23-17-1-3-18(4-2-17)30-14-16(13-21(30)31)22(32)28-11-9-27(10-12-28)19-5-6-20(26-25-19)29-8-7-24-15-29/h1-8,15-16H,9-14H2. The summed E-state index contributed by atoms with van der Waals surface area (Å²) in [5, 5.41) is 9.21. The summed E-state index contributed by atoms with van der Waals surface area (Å²) in [6.45, 7) is 2.93. The van der Waals surface area contributed by atoms with Crippen molar-refractivity contribution in [3.05, 3.63) is 60.1 Å². The van der Waals surface area contributed by atoms with Gasteiger partial charge >= 0.3 is 0 Å². The highest BCUT2D eigenvalue weighted by Crippen LogP contribution is 2.28. The van der Waals surface area contributed by atoms with Crippen LogP contribution < -0.4 is 9.80 Å². The summed E-state index contributed by atoms with van der Waals surface area (Å²) < 4.78 is 1.80. The highest BCUT2D eigenvalue weighted by Gasteiger charge is 2.38. The van der Waals surface area contributed by atoms with Crippen molar-refractivity contribution in [2.24, 2.45) is 5.92 Å². The fourth-order valence-corrected chi connectivity index (χ4v) is 4.30. The molecule has 10 heteroatoms. The van der Waals surface area contributed by atoms with Crippen molar-refractivity contribution in [1.29, 1.82) is 0 Å². The minimum atomic E-state index is -0.320. The first-order chi connectivity index (χ1) is 15.6. The molecular weight excluding hydrogens is 430 g/mol. The molecule has 164 valence electrons. The van der Waals surface area contributed by atoms with Gasteiger partial charge in [0.15, 0.2) is 11.6 Å².